The average molecular weight is 407 g/mol. The number of nitrogens with one attached hydrogen (secondary N) is 1. The van der Waals surface area contributed by atoms with Gasteiger partial charge in [-0.15, -0.1) is 0 Å². The number of aryl methyl sites for hydroxylation is 1. The molecule has 6 nitrogen and oxygen atoms in total. The second-order valence-electron chi connectivity index (χ2n) is 5.74. The van der Waals surface area contributed by atoms with Crippen LogP contribution in [0.15, 0.2) is 30.3 Å². The summed E-state index contributed by atoms with van der Waals surface area (Å²) in [5.41, 5.74) is 2.10. The van der Waals surface area contributed by atoms with Crippen LogP contribution in [0.25, 0.3) is 0 Å². The van der Waals surface area contributed by atoms with Crippen LogP contribution in [0, 0.1) is 11.3 Å². The lowest BCUT2D eigenvalue weighted by molar-refractivity contribution is -0.137. The fourth-order valence-electron chi connectivity index (χ4n) is 2.41. The Morgan fingerprint density at radius 2 is 2.00 bits per heavy atom. The summed E-state index contributed by atoms with van der Waals surface area (Å²) in [5.74, 6) is -0.943. The number of rotatable bonds is 7. The van der Waals surface area contributed by atoms with Gasteiger partial charge in [0.25, 0.3) is 0 Å². The smallest absolute Gasteiger partial charge is 0.303 e. The van der Waals surface area contributed by atoms with Gasteiger partial charge in [0.15, 0.2) is 5.75 Å². The van der Waals surface area contributed by atoms with Crippen LogP contribution < -0.4 is 10.1 Å². The molecule has 0 aliphatic heterocycles. The van der Waals surface area contributed by atoms with Gasteiger partial charge < -0.3 is 15.2 Å². The highest BCUT2D eigenvalue weighted by atomic mass is 35.5. The van der Waals surface area contributed by atoms with E-state index < -0.39 is 5.97 Å². The first-order valence-corrected chi connectivity index (χ1v) is 8.69. The molecule has 0 fully saturated rings. The van der Waals surface area contributed by atoms with Crippen LogP contribution in [0.2, 0.25) is 10.0 Å². The number of benzene rings is 2. The molecule has 0 saturated heterocycles. The topological polar surface area (TPSA) is 99.4 Å². The molecule has 2 N–H and O–H groups in total. The monoisotopic (exact) mass is 406 g/mol. The van der Waals surface area contributed by atoms with Crippen molar-refractivity contribution in [2.24, 2.45) is 0 Å². The van der Waals surface area contributed by atoms with Gasteiger partial charge in [-0.05, 0) is 41.8 Å². The molecule has 0 bridgehead atoms. The van der Waals surface area contributed by atoms with Gasteiger partial charge in [-0.3, -0.25) is 9.59 Å². The van der Waals surface area contributed by atoms with Crippen LogP contribution >= 0.6 is 23.2 Å². The minimum absolute atomic E-state index is 0.0595. The van der Waals surface area contributed by atoms with Crippen LogP contribution in [0.5, 0.6) is 5.75 Å². The summed E-state index contributed by atoms with van der Waals surface area (Å²) in [5, 5.41) is 21.1. The summed E-state index contributed by atoms with van der Waals surface area (Å²) >= 11 is 12.5. The number of amides is 1. The number of nitriles is 1. The molecule has 1 amide bonds. The Morgan fingerprint density at radius 3 is 2.63 bits per heavy atom. The molecule has 0 spiro atoms. The lowest BCUT2D eigenvalue weighted by atomic mass is 10.1. The van der Waals surface area contributed by atoms with Gasteiger partial charge in [0.1, 0.15) is 6.61 Å². The van der Waals surface area contributed by atoms with Crippen molar-refractivity contribution in [1.82, 2.24) is 0 Å². The van der Waals surface area contributed by atoms with E-state index in [4.69, 9.17) is 38.3 Å². The number of halogens is 2. The van der Waals surface area contributed by atoms with Crippen LogP contribution in [0.1, 0.15) is 30.0 Å². The molecule has 2 rings (SSSR count). The molecular weight excluding hydrogens is 391 g/mol. The van der Waals surface area contributed by atoms with E-state index in [1.165, 1.54) is 6.92 Å². The Kier molecular flexibility index (Phi) is 7.05. The highest BCUT2D eigenvalue weighted by Crippen LogP contribution is 2.36. The zero-order valence-corrected chi connectivity index (χ0v) is 15.9. The minimum atomic E-state index is -0.928. The Hall–Kier alpha value is -2.75. The number of ether oxygens (including phenoxy) is 1. The summed E-state index contributed by atoms with van der Waals surface area (Å²) < 4.78 is 5.73. The number of nitrogens with zero attached hydrogens (tertiary/aromatic N) is 1. The summed E-state index contributed by atoms with van der Waals surface area (Å²) in [6.07, 6.45) is 0.184. The highest BCUT2D eigenvalue weighted by molar-refractivity contribution is 6.37. The molecule has 0 aliphatic rings. The van der Waals surface area contributed by atoms with Crippen molar-refractivity contribution in [3.05, 3.63) is 57.1 Å². The SMILES string of the molecule is CC(=O)Nc1cc(C#N)cc(COc2c(Cl)ccc(CCC(=O)O)c2Cl)c1. The van der Waals surface area contributed by atoms with Gasteiger partial charge in [-0.2, -0.15) is 5.26 Å². The number of aliphatic carboxylic acids is 1. The Bertz CT molecular complexity index is 923. The van der Waals surface area contributed by atoms with Gasteiger partial charge in [-0.25, -0.2) is 0 Å². The summed E-state index contributed by atoms with van der Waals surface area (Å²) in [6, 6.07) is 10.1. The Morgan fingerprint density at radius 1 is 1.26 bits per heavy atom. The second-order valence-corrected chi connectivity index (χ2v) is 6.53. The summed E-state index contributed by atoms with van der Waals surface area (Å²) in [7, 11) is 0. The Labute approximate surface area is 166 Å². The first kappa shape index (κ1) is 20.6. The normalized spacial score (nSPS) is 10.1. The van der Waals surface area contributed by atoms with Crippen LogP contribution in [0.3, 0.4) is 0 Å². The van der Waals surface area contributed by atoms with Gasteiger partial charge >= 0.3 is 5.97 Å². The fraction of sp³-hybridized carbons (Fsp3) is 0.211. The molecule has 0 aromatic heterocycles. The standard InChI is InChI=1S/C19H16Cl2N2O4/c1-11(24)23-15-7-12(9-22)6-13(8-15)10-27-19-16(20)4-2-14(18(19)21)3-5-17(25)26/h2,4,6-8H,3,5,10H2,1H3,(H,23,24)(H,25,26). The van der Waals surface area contributed by atoms with E-state index in [9.17, 15) is 9.59 Å². The molecule has 8 heteroatoms. The van der Waals surface area contributed by atoms with E-state index >= 15 is 0 Å². The number of hydrogen-bond acceptors (Lipinski definition) is 4. The lowest BCUT2D eigenvalue weighted by Crippen LogP contribution is -2.07. The number of carboxylic acid groups (broad SMARTS) is 1. The highest BCUT2D eigenvalue weighted by Gasteiger charge is 2.14. The number of carbonyl (C=O) groups excluding carboxylic acids is 1. The third-order valence-electron chi connectivity index (χ3n) is 3.56. The van der Waals surface area contributed by atoms with E-state index in [-0.39, 0.29) is 41.2 Å². The van der Waals surface area contributed by atoms with Gasteiger partial charge in [0, 0.05) is 19.0 Å². The number of anilines is 1. The first-order chi connectivity index (χ1) is 12.8. The molecule has 0 radical (unpaired) electrons. The van der Waals surface area contributed by atoms with Crippen molar-refractivity contribution in [3.63, 3.8) is 0 Å². The van der Waals surface area contributed by atoms with Crippen molar-refractivity contribution in [3.8, 4) is 11.8 Å². The van der Waals surface area contributed by atoms with Crippen LogP contribution in [-0.4, -0.2) is 17.0 Å². The quantitative estimate of drug-likeness (QED) is 0.708. The first-order valence-electron chi connectivity index (χ1n) is 7.93. The van der Waals surface area contributed by atoms with Gasteiger partial charge in [0.05, 0.1) is 21.7 Å². The number of hydrogen-bond donors (Lipinski definition) is 2. The van der Waals surface area contributed by atoms with E-state index in [1.807, 2.05) is 6.07 Å². The van der Waals surface area contributed by atoms with Crippen LogP contribution in [0.4, 0.5) is 5.69 Å². The van der Waals surface area contributed by atoms with Crippen molar-refractivity contribution >= 4 is 40.8 Å². The molecule has 0 saturated carbocycles. The van der Waals surface area contributed by atoms with Gasteiger partial charge in [-0.1, -0.05) is 29.3 Å². The lowest BCUT2D eigenvalue weighted by Gasteiger charge is -2.14. The second kappa shape index (κ2) is 9.26. The fourth-order valence-corrected chi connectivity index (χ4v) is 2.99. The molecule has 2 aromatic carbocycles. The molecule has 27 heavy (non-hydrogen) atoms. The third-order valence-corrected chi connectivity index (χ3v) is 4.27. The predicted octanol–water partition coefficient (Wildman–Crippen LogP) is 4.42. The molecule has 0 aliphatic carbocycles. The van der Waals surface area contributed by atoms with E-state index in [2.05, 4.69) is 5.32 Å². The Balaban J connectivity index is 2.23. The maximum Gasteiger partial charge on any atom is 0.303 e. The van der Waals surface area contributed by atoms with E-state index in [1.54, 1.807) is 30.3 Å². The van der Waals surface area contributed by atoms with Crippen LogP contribution in [-0.2, 0) is 22.6 Å². The van der Waals surface area contributed by atoms with Crippen molar-refractivity contribution in [2.45, 2.75) is 26.4 Å². The largest absolute Gasteiger partial charge is 0.486 e. The summed E-state index contributed by atoms with van der Waals surface area (Å²) in [6.45, 7) is 1.43. The van der Waals surface area contributed by atoms with E-state index in [0.29, 0.717) is 22.4 Å². The molecular formula is C19H16Cl2N2O4. The van der Waals surface area contributed by atoms with E-state index in [0.717, 1.165) is 0 Å². The molecule has 0 heterocycles. The maximum atomic E-state index is 11.2. The molecule has 0 unspecified atom stereocenters. The van der Waals surface area contributed by atoms with Crippen molar-refractivity contribution in [1.29, 1.82) is 5.26 Å². The average Bonchev–Trinajstić information content (AvgIpc) is 2.60. The molecule has 0 atom stereocenters. The predicted molar refractivity (Wildman–Crippen MR) is 102 cm³/mol. The van der Waals surface area contributed by atoms with Gasteiger partial charge in [0.2, 0.25) is 5.91 Å². The molecule has 2 aromatic rings. The third kappa shape index (κ3) is 5.88. The minimum Gasteiger partial charge on any atom is -0.486 e. The maximum absolute atomic E-state index is 11.2. The summed E-state index contributed by atoms with van der Waals surface area (Å²) in [4.78, 5) is 22.0. The van der Waals surface area contributed by atoms with Crippen molar-refractivity contribution in [2.75, 3.05) is 5.32 Å². The zero-order valence-electron chi connectivity index (χ0n) is 14.4. The number of carboxylic acids is 1. The molecule has 140 valence electrons. The zero-order chi connectivity index (χ0) is 20.0. The number of carbonyl (C=O) groups is 2. The van der Waals surface area contributed by atoms with Crippen molar-refractivity contribution < 1.29 is 19.4 Å².